The van der Waals surface area contributed by atoms with E-state index in [4.69, 9.17) is 15.2 Å². The Hall–Kier alpha value is -0.885. The number of hydrogen-bond acceptors (Lipinski definition) is 4. The van der Waals surface area contributed by atoms with Crippen LogP contribution in [-0.4, -0.2) is 25.6 Å². The number of primary sulfonamides is 1. The molecule has 4 N–H and O–H groups in total. The fourth-order valence-corrected chi connectivity index (χ4v) is 1.62. The van der Waals surface area contributed by atoms with Crippen molar-refractivity contribution in [2.24, 2.45) is 5.14 Å². The molecule has 0 aliphatic carbocycles. The predicted molar refractivity (Wildman–Crippen MR) is 52.4 cm³/mol. The second-order valence-corrected chi connectivity index (χ2v) is 4.50. The third kappa shape index (κ3) is 2.33. The Balaban J connectivity index is 3.34. The Morgan fingerprint density at radius 3 is 2.36 bits per heavy atom. The van der Waals surface area contributed by atoms with Gasteiger partial charge in [0.1, 0.15) is 0 Å². The van der Waals surface area contributed by atoms with Crippen molar-refractivity contribution in [3.63, 3.8) is 0 Å². The quantitative estimate of drug-likeness (QED) is 0.513. The van der Waals surface area contributed by atoms with E-state index in [0.29, 0.717) is 5.56 Å². The summed E-state index contributed by atoms with van der Waals surface area (Å²) in [7, 11) is -5.50. The number of nitrogens with two attached hydrogens (primary N) is 1. The highest BCUT2D eigenvalue weighted by atomic mass is 32.2. The molecule has 0 aliphatic rings. The lowest BCUT2D eigenvalue weighted by Gasteiger charge is -2.06. The van der Waals surface area contributed by atoms with Gasteiger partial charge < -0.3 is 10.0 Å². The van der Waals surface area contributed by atoms with Crippen molar-refractivity contribution in [3.05, 3.63) is 23.8 Å². The summed E-state index contributed by atoms with van der Waals surface area (Å²) >= 11 is 0. The monoisotopic (exact) mass is 215 g/mol. The third-order valence-electron chi connectivity index (χ3n) is 1.86. The average Bonchev–Trinajstić information content (AvgIpc) is 2.02. The highest BCUT2D eigenvalue weighted by molar-refractivity contribution is 7.89. The third-order valence-corrected chi connectivity index (χ3v) is 2.77. The molecular formula is C7H10BNO4S. The maximum atomic E-state index is 10.9. The van der Waals surface area contributed by atoms with E-state index < -0.39 is 17.1 Å². The highest BCUT2D eigenvalue weighted by Crippen LogP contribution is 2.06. The molecule has 7 heteroatoms. The van der Waals surface area contributed by atoms with E-state index in [1.807, 2.05) is 0 Å². The van der Waals surface area contributed by atoms with Gasteiger partial charge in [0.25, 0.3) is 0 Å². The van der Waals surface area contributed by atoms with Gasteiger partial charge in [0, 0.05) is 0 Å². The summed E-state index contributed by atoms with van der Waals surface area (Å²) in [4.78, 5) is -0.133. The van der Waals surface area contributed by atoms with E-state index in [0.717, 1.165) is 6.07 Å². The highest BCUT2D eigenvalue weighted by Gasteiger charge is 2.17. The first-order valence-electron chi connectivity index (χ1n) is 3.82. The van der Waals surface area contributed by atoms with Crippen LogP contribution in [0.15, 0.2) is 23.1 Å². The first-order chi connectivity index (χ1) is 6.32. The first kappa shape index (κ1) is 11.2. The molecule has 76 valence electrons. The summed E-state index contributed by atoms with van der Waals surface area (Å²) in [6.45, 7) is 1.64. The molecule has 14 heavy (non-hydrogen) atoms. The van der Waals surface area contributed by atoms with Gasteiger partial charge in [-0.25, -0.2) is 13.6 Å². The lowest BCUT2D eigenvalue weighted by Crippen LogP contribution is -2.33. The van der Waals surface area contributed by atoms with Gasteiger partial charge in [-0.3, -0.25) is 0 Å². The van der Waals surface area contributed by atoms with Gasteiger partial charge in [0.15, 0.2) is 0 Å². The second-order valence-electron chi connectivity index (χ2n) is 2.94. The average molecular weight is 215 g/mol. The van der Waals surface area contributed by atoms with Gasteiger partial charge in [-0.2, -0.15) is 0 Å². The summed E-state index contributed by atoms with van der Waals surface area (Å²) in [5.41, 5.74) is 0.726. The summed E-state index contributed by atoms with van der Waals surface area (Å²) < 4.78 is 21.9. The minimum Gasteiger partial charge on any atom is -0.423 e. The van der Waals surface area contributed by atoms with Crippen LogP contribution < -0.4 is 10.6 Å². The van der Waals surface area contributed by atoms with E-state index >= 15 is 0 Å². The van der Waals surface area contributed by atoms with Gasteiger partial charge in [0.05, 0.1) is 4.90 Å². The van der Waals surface area contributed by atoms with Crippen molar-refractivity contribution in [3.8, 4) is 0 Å². The Morgan fingerprint density at radius 1 is 1.36 bits per heavy atom. The zero-order valence-corrected chi connectivity index (χ0v) is 8.32. The lowest BCUT2D eigenvalue weighted by molar-refractivity contribution is 0.425. The van der Waals surface area contributed by atoms with Crippen LogP contribution in [0.2, 0.25) is 0 Å². The molecular weight excluding hydrogens is 205 g/mol. The minimum atomic E-state index is -3.80. The molecule has 0 saturated carbocycles. The summed E-state index contributed by atoms with van der Waals surface area (Å²) in [6.07, 6.45) is 0. The molecule has 0 saturated heterocycles. The maximum absolute atomic E-state index is 10.9. The van der Waals surface area contributed by atoms with Crippen molar-refractivity contribution >= 4 is 22.6 Å². The van der Waals surface area contributed by atoms with Crippen molar-refractivity contribution in [2.45, 2.75) is 11.8 Å². The van der Waals surface area contributed by atoms with Crippen molar-refractivity contribution in [1.82, 2.24) is 0 Å². The van der Waals surface area contributed by atoms with Crippen LogP contribution in [0.4, 0.5) is 0 Å². The van der Waals surface area contributed by atoms with Gasteiger partial charge in [-0.05, 0) is 24.5 Å². The number of benzene rings is 1. The first-order valence-corrected chi connectivity index (χ1v) is 5.36. The van der Waals surface area contributed by atoms with Crippen LogP contribution in [0.1, 0.15) is 5.56 Å². The zero-order valence-electron chi connectivity index (χ0n) is 7.51. The van der Waals surface area contributed by atoms with Crippen LogP contribution >= 0.6 is 0 Å². The molecule has 0 atom stereocenters. The smallest absolute Gasteiger partial charge is 0.423 e. The van der Waals surface area contributed by atoms with Crippen LogP contribution in [-0.2, 0) is 10.0 Å². The van der Waals surface area contributed by atoms with E-state index in [9.17, 15) is 8.42 Å². The molecule has 1 aromatic carbocycles. The van der Waals surface area contributed by atoms with Gasteiger partial charge >= 0.3 is 7.12 Å². The van der Waals surface area contributed by atoms with Crippen LogP contribution in [0.5, 0.6) is 0 Å². The minimum absolute atomic E-state index is 0.133. The molecule has 0 unspecified atom stereocenters. The molecule has 0 heterocycles. The summed E-state index contributed by atoms with van der Waals surface area (Å²) in [5.74, 6) is 0. The zero-order chi connectivity index (χ0) is 10.9. The van der Waals surface area contributed by atoms with E-state index in [2.05, 4.69) is 0 Å². The molecule has 1 aromatic rings. The maximum Gasteiger partial charge on any atom is 0.488 e. The van der Waals surface area contributed by atoms with E-state index in [-0.39, 0.29) is 10.4 Å². The van der Waals surface area contributed by atoms with Gasteiger partial charge in [0.2, 0.25) is 10.0 Å². The van der Waals surface area contributed by atoms with Crippen molar-refractivity contribution < 1.29 is 18.5 Å². The molecule has 0 spiro atoms. The standard InChI is InChI=1S/C7H10BNO4S/c1-5-2-3-6(14(9,12)13)4-7(5)8(10)11/h2-4,10-11H,1H3,(H2,9,12,13). The normalized spacial score (nSPS) is 11.4. The lowest BCUT2D eigenvalue weighted by atomic mass is 9.77. The molecule has 0 aliphatic heterocycles. The molecule has 0 fully saturated rings. The number of hydrogen-bond donors (Lipinski definition) is 3. The molecule has 0 bridgehead atoms. The second kappa shape index (κ2) is 3.70. The number of rotatable bonds is 2. The van der Waals surface area contributed by atoms with E-state index in [1.165, 1.54) is 12.1 Å². The molecule has 0 radical (unpaired) electrons. The molecule has 1 rings (SSSR count). The fraction of sp³-hybridized carbons (Fsp3) is 0.143. The van der Waals surface area contributed by atoms with E-state index in [1.54, 1.807) is 6.92 Å². The Morgan fingerprint density at radius 2 is 1.93 bits per heavy atom. The largest absolute Gasteiger partial charge is 0.488 e. The molecule has 0 amide bonds. The molecule has 5 nitrogen and oxygen atoms in total. The number of aryl methyl sites for hydroxylation is 1. The van der Waals surface area contributed by atoms with Crippen LogP contribution in [0, 0.1) is 6.92 Å². The summed E-state index contributed by atoms with van der Waals surface area (Å²) in [5, 5.41) is 22.7. The van der Waals surface area contributed by atoms with Gasteiger partial charge in [-0.1, -0.05) is 11.6 Å². The summed E-state index contributed by atoms with van der Waals surface area (Å²) in [6, 6.07) is 3.93. The predicted octanol–water partition coefficient (Wildman–Crippen LogP) is -1.68. The van der Waals surface area contributed by atoms with Gasteiger partial charge in [-0.15, -0.1) is 0 Å². The Kier molecular flexibility index (Phi) is 2.96. The fourth-order valence-electron chi connectivity index (χ4n) is 1.07. The van der Waals surface area contributed by atoms with Crippen LogP contribution in [0.25, 0.3) is 0 Å². The van der Waals surface area contributed by atoms with Crippen molar-refractivity contribution in [2.75, 3.05) is 0 Å². The molecule has 0 aromatic heterocycles. The Bertz CT molecular complexity index is 443. The topological polar surface area (TPSA) is 101 Å². The Labute approximate surface area is 82.4 Å². The van der Waals surface area contributed by atoms with Crippen LogP contribution in [0.3, 0.4) is 0 Å². The number of sulfonamides is 1. The SMILES string of the molecule is Cc1ccc(S(N)(=O)=O)cc1B(O)O. The van der Waals surface area contributed by atoms with Crippen molar-refractivity contribution in [1.29, 1.82) is 0 Å².